The van der Waals surface area contributed by atoms with Crippen molar-refractivity contribution in [1.29, 1.82) is 0 Å². The summed E-state index contributed by atoms with van der Waals surface area (Å²) in [6.45, 7) is 12.6. The Kier molecular flexibility index (Phi) is 22.0. The highest BCUT2D eigenvalue weighted by atomic mass is 16.5. The molecule has 0 aliphatic carbocycles. The average Bonchev–Trinajstić information content (AvgIpc) is 2.77. The van der Waals surface area contributed by atoms with Crippen molar-refractivity contribution in [3.8, 4) is 5.75 Å². The van der Waals surface area contributed by atoms with Gasteiger partial charge < -0.3 is 27.3 Å². The van der Waals surface area contributed by atoms with E-state index in [0.29, 0.717) is 36.5 Å². The fourth-order valence-electron chi connectivity index (χ4n) is 2.80. The molecule has 186 valence electrons. The monoisotopic (exact) mass is 452 g/mol. The fourth-order valence-corrected chi connectivity index (χ4v) is 2.80. The molecule has 1 amide bonds. The predicted molar refractivity (Wildman–Crippen MR) is 138 cm³/mol. The highest BCUT2D eigenvalue weighted by Gasteiger charge is 2.23. The lowest BCUT2D eigenvalue weighted by Gasteiger charge is -2.19. The number of nitrogens with two attached hydrogens (primary N) is 1. The van der Waals surface area contributed by atoms with Crippen LogP contribution in [0.5, 0.6) is 5.75 Å². The number of hydrogen-bond acceptors (Lipinski definition) is 6. The Morgan fingerprint density at radius 2 is 1.81 bits per heavy atom. The summed E-state index contributed by atoms with van der Waals surface area (Å²) in [5.41, 5.74) is 7.18. The molecule has 0 fully saturated rings. The van der Waals surface area contributed by atoms with Crippen LogP contribution in [0.3, 0.4) is 0 Å². The van der Waals surface area contributed by atoms with Crippen LogP contribution in [0, 0.1) is 0 Å². The summed E-state index contributed by atoms with van der Waals surface area (Å²) in [6, 6.07) is 4.82. The zero-order valence-corrected chi connectivity index (χ0v) is 20.2. The van der Waals surface area contributed by atoms with E-state index in [4.69, 9.17) is 10.5 Å². The molecule has 0 aliphatic rings. The van der Waals surface area contributed by atoms with Gasteiger partial charge in [-0.25, -0.2) is 0 Å². The lowest BCUT2D eigenvalue weighted by molar-refractivity contribution is -0.117. The number of nitrogens with one attached hydrogen (secondary N) is 2. The molecule has 7 N–H and O–H groups in total. The van der Waals surface area contributed by atoms with Gasteiger partial charge in [0.1, 0.15) is 5.75 Å². The van der Waals surface area contributed by atoms with Crippen molar-refractivity contribution in [2.24, 2.45) is 5.73 Å². The first-order chi connectivity index (χ1) is 14.4. The molecule has 0 aromatic heterocycles. The van der Waals surface area contributed by atoms with Crippen LogP contribution in [0.25, 0.3) is 0 Å². The van der Waals surface area contributed by atoms with Gasteiger partial charge in [0.2, 0.25) is 0 Å². The number of unbranched alkanes of at least 4 members (excludes halogenated alkanes) is 3. The number of amides is 1. The molecule has 7 nitrogen and oxygen atoms in total. The minimum absolute atomic E-state index is 0. The van der Waals surface area contributed by atoms with Crippen molar-refractivity contribution >= 4 is 17.4 Å². The van der Waals surface area contributed by atoms with Gasteiger partial charge in [-0.3, -0.25) is 9.59 Å². The number of anilines is 1. The Bertz CT molecular complexity index is 663. The molecule has 0 spiro atoms. The van der Waals surface area contributed by atoms with Crippen molar-refractivity contribution in [2.75, 3.05) is 25.5 Å². The van der Waals surface area contributed by atoms with E-state index in [9.17, 15) is 9.59 Å². The average molecular weight is 453 g/mol. The Morgan fingerprint density at radius 3 is 2.34 bits per heavy atom. The maximum atomic E-state index is 13.0. The van der Waals surface area contributed by atoms with E-state index in [-0.39, 0.29) is 25.3 Å². The molecule has 7 heteroatoms. The number of hydrogen-bond donors (Lipinski definition) is 4. The van der Waals surface area contributed by atoms with Crippen LogP contribution < -0.4 is 27.3 Å². The van der Waals surface area contributed by atoms with E-state index in [1.807, 2.05) is 19.9 Å². The molecule has 32 heavy (non-hydrogen) atoms. The summed E-state index contributed by atoms with van der Waals surface area (Å²) >= 11 is 0. The Hall–Kier alpha value is -2.38. The van der Waals surface area contributed by atoms with Crippen molar-refractivity contribution in [3.63, 3.8) is 0 Å². The van der Waals surface area contributed by atoms with Crippen LogP contribution in [-0.4, -0.2) is 37.9 Å². The number of ether oxygens (including phenoxy) is 1. The zero-order valence-electron chi connectivity index (χ0n) is 20.2. The van der Waals surface area contributed by atoms with Gasteiger partial charge in [-0.2, -0.15) is 0 Å². The predicted octanol–water partition coefficient (Wildman–Crippen LogP) is 5.49. The number of benzene rings is 1. The SMILES string of the molecule is C.C=C(C)C(=O)[C@H](CCCC)NC(=O)c1cc(NC)ccc1OCCCCCN.CC.N. The van der Waals surface area contributed by atoms with E-state index in [1.54, 1.807) is 26.1 Å². The standard InChI is InChI=1S/C22H35N3O3.C2H6.CH4.H3N/c1-5-6-10-19(21(26)16(2)3)25-22(27)18-15-17(24-4)11-12-20(18)28-14-9-7-8-13-23;1-2;;/h11-12,15,19,24H,2,5-10,13-14,23H2,1,3-4H3,(H,25,27);1-2H3;1H4;1H3/t19-;;;/m0.../s1. The molecular weight excluding hydrogens is 404 g/mol. The van der Waals surface area contributed by atoms with Gasteiger partial charge in [0.05, 0.1) is 18.2 Å². The molecule has 0 saturated carbocycles. The Labute approximate surface area is 196 Å². The molecule has 1 atom stereocenters. The lowest BCUT2D eigenvalue weighted by atomic mass is 10.0. The largest absolute Gasteiger partial charge is 0.493 e. The minimum Gasteiger partial charge on any atom is -0.493 e. The topological polar surface area (TPSA) is 128 Å². The van der Waals surface area contributed by atoms with Gasteiger partial charge in [-0.1, -0.05) is 47.6 Å². The van der Waals surface area contributed by atoms with Gasteiger partial charge in [-0.15, -0.1) is 0 Å². The minimum atomic E-state index is -0.569. The Morgan fingerprint density at radius 1 is 1.16 bits per heavy atom. The third-order valence-corrected chi connectivity index (χ3v) is 4.51. The number of carbonyl (C=O) groups is 2. The number of rotatable bonds is 14. The first kappa shape index (κ1) is 34.2. The van der Waals surface area contributed by atoms with Gasteiger partial charge in [-0.05, 0) is 62.9 Å². The molecule has 0 saturated heterocycles. The maximum absolute atomic E-state index is 13.0. The highest BCUT2D eigenvalue weighted by Crippen LogP contribution is 2.24. The third kappa shape index (κ3) is 12.5. The second-order valence-corrected chi connectivity index (χ2v) is 6.97. The molecule has 0 unspecified atom stereocenters. The molecule has 0 radical (unpaired) electrons. The van der Waals surface area contributed by atoms with Crippen LogP contribution in [0.1, 0.15) is 84.0 Å². The van der Waals surface area contributed by atoms with Gasteiger partial charge in [0, 0.05) is 12.7 Å². The van der Waals surface area contributed by atoms with Crippen molar-refractivity contribution in [1.82, 2.24) is 11.5 Å². The van der Waals surface area contributed by atoms with Crippen molar-refractivity contribution in [2.45, 2.75) is 79.7 Å². The first-order valence-corrected chi connectivity index (χ1v) is 11.1. The van der Waals surface area contributed by atoms with Crippen molar-refractivity contribution in [3.05, 3.63) is 35.9 Å². The quantitative estimate of drug-likeness (QED) is 0.218. The summed E-state index contributed by atoms with van der Waals surface area (Å²) in [6.07, 6.45) is 5.21. The molecular formula is C25H48N4O3. The maximum Gasteiger partial charge on any atom is 0.255 e. The Balaban J connectivity index is -0.00000204. The van der Waals surface area contributed by atoms with Crippen LogP contribution in [-0.2, 0) is 4.79 Å². The van der Waals surface area contributed by atoms with Crippen LogP contribution in [0.15, 0.2) is 30.4 Å². The van der Waals surface area contributed by atoms with Crippen LogP contribution in [0.4, 0.5) is 5.69 Å². The van der Waals surface area contributed by atoms with E-state index < -0.39 is 6.04 Å². The molecule has 1 rings (SSSR count). The van der Waals surface area contributed by atoms with Gasteiger partial charge in [0.25, 0.3) is 5.91 Å². The van der Waals surface area contributed by atoms with Gasteiger partial charge in [0.15, 0.2) is 5.78 Å². The van der Waals surface area contributed by atoms with E-state index in [2.05, 4.69) is 24.1 Å². The zero-order chi connectivity index (χ0) is 22.9. The third-order valence-electron chi connectivity index (χ3n) is 4.51. The van der Waals surface area contributed by atoms with E-state index in [1.165, 1.54) is 0 Å². The summed E-state index contributed by atoms with van der Waals surface area (Å²) in [7, 11) is 1.79. The summed E-state index contributed by atoms with van der Waals surface area (Å²) in [5.74, 6) is 0.0712. The molecule has 1 aromatic carbocycles. The molecule has 0 heterocycles. The second kappa shape index (κ2) is 20.5. The second-order valence-electron chi connectivity index (χ2n) is 6.97. The van der Waals surface area contributed by atoms with Crippen molar-refractivity contribution < 1.29 is 14.3 Å². The first-order valence-electron chi connectivity index (χ1n) is 11.1. The molecule has 0 aliphatic heterocycles. The summed E-state index contributed by atoms with van der Waals surface area (Å²) in [4.78, 5) is 25.4. The fraction of sp³-hybridized carbons (Fsp3) is 0.600. The van der Waals surface area contributed by atoms with Crippen LogP contribution in [0.2, 0.25) is 0 Å². The lowest BCUT2D eigenvalue weighted by Crippen LogP contribution is -2.41. The number of Topliss-reactive ketones (excluding diaryl/α,β-unsaturated/α-hetero) is 1. The summed E-state index contributed by atoms with van der Waals surface area (Å²) in [5, 5.41) is 5.91. The summed E-state index contributed by atoms with van der Waals surface area (Å²) < 4.78 is 5.84. The smallest absolute Gasteiger partial charge is 0.255 e. The van der Waals surface area contributed by atoms with E-state index in [0.717, 1.165) is 37.8 Å². The van der Waals surface area contributed by atoms with E-state index >= 15 is 0 Å². The number of ketones is 1. The van der Waals surface area contributed by atoms with Gasteiger partial charge >= 0.3 is 0 Å². The molecule has 0 bridgehead atoms. The number of carbonyl (C=O) groups excluding carboxylic acids is 2. The molecule has 1 aromatic rings. The van der Waals surface area contributed by atoms with Crippen LogP contribution >= 0.6 is 0 Å². The highest BCUT2D eigenvalue weighted by molar-refractivity contribution is 6.04. The normalized spacial score (nSPS) is 10.3.